The SMILES string of the molecule is CCCCCN(Cc1cccn1Cc1cccc(C)c1)C(=O)Nc1ccc(Br)cc1. The van der Waals surface area contributed by atoms with E-state index >= 15 is 0 Å². The van der Waals surface area contributed by atoms with E-state index in [1.165, 1.54) is 11.1 Å². The molecule has 0 unspecified atom stereocenters. The van der Waals surface area contributed by atoms with Gasteiger partial charge in [-0.25, -0.2) is 4.79 Å². The number of nitrogens with one attached hydrogen (secondary N) is 1. The predicted octanol–water partition coefficient (Wildman–Crippen LogP) is 6.83. The fourth-order valence-corrected chi connectivity index (χ4v) is 3.76. The lowest BCUT2D eigenvalue weighted by molar-refractivity contribution is 0.206. The second-order valence-corrected chi connectivity index (χ2v) is 8.60. The number of unbranched alkanes of at least 4 members (excludes halogenated alkanes) is 2. The first-order valence-electron chi connectivity index (χ1n) is 10.6. The van der Waals surface area contributed by atoms with Crippen LogP contribution in [0.15, 0.2) is 71.3 Å². The van der Waals surface area contributed by atoms with Crippen LogP contribution in [-0.2, 0) is 13.1 Å². The van der Waals surface area contributed by atoms with Gasteiger partial charge < -0.3 is 14.8 Å². The molecule has 0 bridgehead atoms. The van der Waals surface area contributed by atoms with Crippen molar-refractivity contribution >= 4 is 27.6 Å². The molecule has 3 rings (SSSR count). The fraction of sp³-hybridized carbons (Fsp3) is 0.320. The second-order valence-electron chi connectivity index (χ2n) is 7.68. The highest BCUT2D eigenvalue weighted by Crippen LogP contribution is 2.17. The van der Waals surface area contributed by atoms with Crippen LogP contribution in [0.2, 0.25) is 0 Å². The number of benzene rings is 2. The number of aromatic nitrogens is 1. The van der Waals surface area contributed by atoms with E-state index in [2.05, 4.69) is 82.3 Å². The van der Waals surface area contributed by atoms with Gasteiger partial charge in [0.15, 0.2) is 0 Å². The van der Waals surface area contributed by atoms with Gasteiger partial charge in [-0.15, -0.1) is 0 Å². The van der Waals surface area contributed by atoms with Crippen LogP contribution in [-0.4, -0.2) is 22.0 Å². The summed E-state index contributed by atoms with van der Waals surface area (Å²) in [6.45, 7) is 6.43. The molecule has 0 aliphatic rings. The van der Waals surface area contributed by atoms with Crippen LogP contribution in [0.3, 0.4) is 0 Å². The van der Waals surface area contributed by atoms with Crippen LogP contribution in [0.5, 0.6) is 0 Å². The molecule has 0 aliphatic heterocycles. The largest absolute Gasteiger partial charge is 0.345 e. The average molecular weight is 468 g/mol. The summed E-state index contributed by atoms with van der Waals surface area (Å²) < 4.78 is 3.23. The summed E-state index contributed by atoms with van der Waals surface area (Å²) >= 11 is 3.44. The molecule has 0 fully saturated rings. The van der Waals surface area contributed by atoms with Crippen LogP contribution >= 0.6 is 15.9 Å². The minimum Gasteiger partial charge on any atom is -0.345 e. The van der Waals surface area contributed by atoms with Crippen LogP contribution in [0.4, 0.5) is 10.5 Å². The van der Waals surface area contributed by atoms with E-state index in [1.54, 1.807) is 0 Å². The molecule has 1 N–H and O–H groups in total. The van der Waals surface area contributed by atoms with E-state index in [4.69, 9.17) is 0 Å². The molecule has 158 valence electrons. The van der Waals surface area contributed by atoms with Crippen molar-refractivity contribution in [1.82, 2.24) is 9.47 Å². The number of amides is 2. The van der Waals surface area contributed by atoms with Crippen LogP contribution in [0.25, 0.3) is 0 Å². The van der Waals surface area contributed by atoms with Gasteiger partial charge in [-0.05, 0) is 55.3 Å². The molecule has 1 heterocycles. The number of hydrogen-bond acceptors (Lipinski definition) is 1. The zero-order chi connectivity index (χ0) is 21.3. The molecule has 3 aromatic rings. The lowest BCUT2D eigenvalue weighted by atomic mass is 10.1. The van der Waals surface area contributed by atoms with Crippen molar-refractivity contribution in [3.63, 3.8) is 0 Å². The Morgan fingerprint density at radius 1 is 1.07 bits per heavy atom. The average Bonchev–Trinajstić information content (AvgIpc) is 3.15. The van der Waals surface area contributed by atoms with E-state index in [-0.39, 0.29) is 6.03 Å². The molecule has 2 aromatic carbocycles. The van der Waals surface area contributed by atoms with E-state index < -0.39 is 0 Å². The molecule has 2 amide bonds. The molecule has 0 aliphatic carbocycles. The Kier molecular flexibility index (Phi) is 8.14. The zero-order valence-electron chi connectivity index (χ0n) is 17.8. The summed E-state index contributed by atoms with van der Waals surface area (Å²) in [5.74, 6) is 0. The molecule has 0 spiro atoms. The molecule has 30 heavy (non-hydrogen) atoms. The topological polar surface area (TPSA) is 37.3 Å². The van der Waals surface area contributed by atoms with E-state index in [9.17, 15) is 4.79 Å². The standard InChI is InChI=1S/C25H30BrN3O/c1-3-4-5-15-29(25(30)27-23-13-11-22(26)12-14-23)19-24-10-7-16-28(24)18-21-9-6-8-20(2)17-21/h6-14,16-17H,3-5,15,18-19H2,1-2H3,(H,27,30). The number of urea groups is 1. The third-order valence-electron chi connectivity index (χ3n) is 5.13. The van der Waals surface area contributed by atoms with Gasteiger partial charge in [-0.2, -0.15) is 0 Å². The van der Waals surface area contributed by atoms with Crippen molar-refractivity contribution in [3.05, 3.63) is 88.2 Å². The summed E-state index contributed by atoms with van der Waals surface area (Å²) in [7, 11) is 0. The van der Waals surface area contributed by atoms with Crippen molar-refractivity contribution in [1.29, 1.82) is 0 Å². The van der Waals surface area contributed by atoms with Gasteiger partial charge in [0.05, 0.1) is 6.54 Å². The Hall–Kier alpha value is -2.53. The Bertz CT molecular complexity index is 949. The lowest BCUT2D eigenvalue weighted by Gasteiger charge is -2.24. The molecule has 4 nitrogen and oxygen atoms in total. The van der Waals surface area contributed by atoms with E-state index in [0.29, 0.717) is 6.54 Å². The van der Waals surface area contributed by atoms with Gasteiger partial charge in [0, 0.05) is 35.1 Å². The predicted molar refractivity (Wildman–Crippen MR) is 128 cm³/mol. The summed E-state index contributed by atoms with van der Waals surface area (Å²) in [5.41, 5.74) is 4.47. The van der Waals surface area contributed by atoms with Gasteiger partial charge in [-0.1, -0.05) is 65.5 Å². The number of halogens is 1. The zero-order valence-corrected chi connectivity index (χ0v) is 19.4. The Labute approximate surface area is 188 Å². The van der Waals surface area contributed by atoms with E-state index in [0.717, 1.165) is 48.2 Å². The molecule has 0 radical (unpaired) electrons. The number of aryl methyl sites for hydroxylation is 1. The van der Waals surface area contributed by atoms with Crippen molar-refractivity contribution in [2.45, 2.75) is 46.2 Å². The first-order valence-corrected chi connectivity index (χ1v) is 11.4. The number of carbonyl (C=O) groups excluding carboxylic acids is 1. The Morgan fingerprint density at radius 3 is 2.60 bits per heavy atom. The Morgan fingerprint density at radius 2 is 1.87 bits per heavy atom. The fourth-order valence-electron chi connectivity index (χ4n) is 3.49. The van der Waals surface area contributed by atoms with Crippen LogP contribution < -0.4 is 5.32 Å². The minimum atomic E-state index is -0.0586. The number of carbonyl (C=O) groups is 1. The third-order valence-corrected chi connectivity index (χ3v) is 5.65. The molecule has 0 saturated carbocycles. The quantitative estimate of drug-likeness (QED) is 0.344. The second kappa shape index (κ2) is 11.0. The first kappa shape index (κ1) is 22.2. The highest BCUT2D eigenvalue weighted by atomic mass is 79.9. The molecule has 0 saturated heterocycles. The van der Waals surface area contributed by atoms with Gasteiger partial charge in [0.1, 0.15) is 0 Å². The van der Waals surface area contributed by atoms with Crippen molar-refractivity contribution < 1.29 is 4.79 Å². The number of rotatable bonds is 9. The normalized spacial score (nSPS) is 10.8. The molecular weight excluding hydrogens is 438 g/mol. The van der Waals surface area contributed by atoms with E-state index in [1.807, 2.05) is 29.2 Å². The maximum absolute atomic E-state index is 13.0. The van der Waals surface area contributed by atoms with Crippen LogP contribution in [0.1, 0.15) is 43.0 Å². The smallest absolute Gasteiger partial charge is 0.322 e. The monoisotopic (exact) mass is 467 g/mol. The number of nitrogens with zero attached hydrogens (tertiary/aromatic N) is 2. The molecule has 0 atom stereocenters. The van der Waals surface area contributed by atoms with Crippen molar-refractivity contribution in [2.75, 3.05) is 11.9 Å². The molecular formula is C25H30BrN3O. The van der Waals surface area contributed by atoms with Gasteiger partial charge in [0.25, 0.3) is 0 Å². The summed E-state index contributed by atoms with van der Waals surface area (Å²) in [6, 6.07) is 20.4. The number of anilines is 1. The summed E-state index contributed by atoms with van der Waals surface area (Å²) in [4.78, 5) is 14.9. The highest BCUT2D eigenvalue weighted by molar-refractivity contribution is 9.10. The summed E-state index contributed by atoms with van der Waals surface area (Å²) in [6.07, 6.45) is 5.34. The van der Waals surface area contributed by atoms with Gasteiger partial charge >= 0.3 is 6.03 Å². The lowest BCUT2D eigenvalue weighted by Crippen LogP contribution is -2.36. The molecule has 1 aromatic heterocycles. The Balaban J connectivity index is 1.72. The molecule has 5 heteroatoms. The summed E-state index contributed by atoms with van der Waals surface area (Å²) in [5, 5.41) is 3.04. The van der Waals surface area contributed by atoms with Crippen molar-refractivity contribution in [3.8, 4) is 0 Å². The van der Waals surface area contributed by atoms with Crippen molar-refractivity contribution in [2.24, 2.45) is 0 Å². The van der Waals surface area contributed by atoms with Crippen LogP contribution in [0, 0.1) is 6.92 Å². The maximum atomic E-state index is 13.0. The third kappa shape index (κ3) is 6.49. The minimum absolute atomic E-state index is 0.0586. The number of hydrogen-bond donors (Lipinski definition) is 1. The van der Waals surface area contributed by atoms with Gasteiger partial charge in [0.2, 0.25) is 0 Å². The maximum Gasteiger partial charge on any atom is 0.322 e. The highest BCUT2D eigenvalue weighted by Gasteiger charge is 2.16. The first-order chi connectivity index (χ1) is 14.5. The van der Waals surface area contributed by atoms with Gasteiger partial charge in [-0.3, -0.25) is 0 Å².